The number of furan rings is 1. The van der Waals surface area contributed by atoms with Crippen LogP contribution in [0.3, 0.4) is 0 Å². The van der Waals surface area contributed by atoms with Gasteiger partial charge < -0.3 is 24.1 Å². The van der Waals surface area contributed by atoms with Crippen LogP contribution in [0, 0.1) is 5.92 Å². The number of likely N-dealkylation sites (tertiary alicyclic amines) is 1. The van der Waals surface area contributed by atoms with Crippen LogP contribution < -0.4 is 10.1 Å². The average Bonchev–Trinajstić information content (AvgIpc) is 3.39. The van der Waals surface area contributed by atoms with Gasteiger partial charge in [0.15, 0.2) is 12.4 Å². The summed E-state index contributed by atoms with van der Waals surface area (Å²) in [6.45, 7) is 0.498. The number of rotatable bonds is 7. The van der Waals surface area contributed by atoms with Crippen LogP contribution in [-0.4, -0.2) is 42.4 Å². The van der Waals surface area contributed by atoms with Crippen LogP contribution >= 0.6 is 0 Å². The number of amides is 2. The number of nitrogens with one attached hydrogen (secondary N) is 1. The van der Waals surface area contributed by atoms with Gasteiger partial charge in [0.2, 0.25) is 0 Å². The summed E-state index contributed by atoms with van der Waals surface area (Å²) in [5.74, 6) is 0.263. The van der Waals surface area contributed by atoms with E-state index in [0.29, 0.717) is 37.4 Å². The van der Waals surface area contributed by atoms with E-state index in [2.05, 4.69) is 5.32 Å². The summed E-state index contributed by atoms with van der Waals surface area (Å²) in [6, 6.07) is 19.6. The molecule has 1 aromatic heterocycles. The topological polar surface area (TPSA) is 98.1 Å². The van der Waals surface area contributed by atoms with Crippen LogP contribution in [0.1, 0.15) is 23.4 Å². The standard InChI is InChI=1S/C25H24N2O6/c28-23(26-19-8-10-21(11-9-19)33-20-5-2-1-3-6-20)17-32-25(30)18-12-14-27(15-13-18)24(29)22-7-4-16-31-22/h1-11,16,18H,12-15,17H2,(H,26,28). The number of carbonyl (C=O) groups is 3. The molecule has 4 rings (SSSR count). The van der Waals surface area contributed by atoms with Crippen LogP contribution in [0.25, 0.3) is 0 Å². The minimum atomic E-state index is -0.429. The van der Waals surface area contributed by atoms with Crippen molar-refractivity contribution >= 4 is 23.5 Å². The van der Waals surface area contributed by atoms with Gasteiger partial charge in [-0.05, 0) is 61.4 Å². The fourth-order valence-electron chi connectivity index (χ4n) is 3.56. The molecule has 1 aliphatic rings. The Hall–Kier alpha value is -4.07. The molecular weight excluding hydrogens is 424 g/mol. The maximum absolute atomic E-state index is 12.3. The van der Waals surface area contributed by atoms with Gasteiger partial charge >= 0.3 is 5.97 Å². The van der Waals surface area contributed by atoms with Gasteiger partial charge in [0.05, 0.1) is 12.2 Å². The second kappa shape index (κ2) is 10.5. The summed E-state index contributed by atoms with van der Waals surface area (Å²) in [5.41, 5.74) is 0.571. The first-order valence-electron chi connectivity index (χ1n) is 10.7. The van der Waals surface area contributed by atoms with Gasteiger partial charge in [-0.2, -0.15) is 0 Å². The predicted octanol–water partition coefficient (Wildman–Crippen LogP) is 4.11. The molecule has 8 heteroatoms. The summed E-state index contributed by atoms with van der Waals surface area (Å²) in [7, 11) is 0. The quantitative estimate of drug-likeness (QED) is 0.547. The fraction of sp³-hybridized carbons (Fsp3) is 0.240. The van der Waals surface area contributed by atoms with Crippen LogP contribution in [0.15, 0.2) is 77.4 Å². The van der Waals surface area contributed by atoms with Gasteiger partial charge in [-0.1, -0.05) is 18.2 Å². The van der Waals surface area contributed by atoms with Crippen LogP contribution in [-0.2, 0) is 14.3 Å². The van der Waals surface area contributed by atoms with E-state index in [9.17, 15) is 14.4 Å². The smallest absolute Gasteiger partial charge is 0.309 e. The van der Waals surface area contributed by atoms with Crippen LogP contribution in [0.2, 0.25) is 0 Å². The first kappa shape index (κ1) is 22.1. The molecule has 1 aliphatic heterocycles. The maximum Gasteiger partial charge on any atom is 0.309 e. The monoisotopic (exact) mass is 448 g/mol. The Morgan fingerprint density at radius 1 is 0.909 bits per heavy atom. The maximum atomic E-state index is 12.3. The van der Waals surface area contributed by atoms with E-state index < -0.39 is 11.9 Å². The number of esters is 1. The van der Waals surface area contributed by atoms with Crippen molar-refractivity contribution in [2.75, 3.05) is 25.0 Å². The SMILES string of the molecule is O=C(COC(=O)C1CCN(C(=O)c2ccco2)CC1)Nc1ccc(Oc2ccccc2)cc1. The largest absolute Gasteiger partial charge is 0.459 e. The predicted molar refractivity (Wildman–Crippen MR) is 120 cm³/mol. The summed E-state index contributed by atoms with van der Waals surface area (Å²) >= 11 is 0. The van der Waals surface area contributed by atoms with Crippen molar-refractivity contribution in [1.82, 2.24) is 4.90 Å². The Labute approximate surface area is 191 Å². The number of carbonyl (C=O) groups excluding carboxylic acids is 3. The number of hydrogen-bond donors (Lipinski definition) is 1. The molecule has 1 fully saturated rings. The van der Waals surface area contributed by atoms with E-state index in [1.807, 2.05) is 30.3 Å². The van der Waals surface area contributed by atoms with Gasteiger partial charge in [0, 0.05) is 18.8 Å². The van der Waals surface area contributed by atoms with E-state index in [0.717, 1.165) is 5.75 Å². The number of piperidine rings is 1. The summed E-state index contributed by atoms with van der Waals surface area (Å²) in [6.07, 6.45) is 2.42. The summed E-state index contributed by atoms with van der Waals surface area (Å²) < 4.78 is 16.0. The number of para-hydroxylation sites is 1. The third-order valence-electron chi connectivity index (χ3n) is 5.31. The molecule has 2 heterocycles. The molecule has 1 N–H and O–H groups in total. The number of benzene rings is 2. The summed E-state index contributed by atoms with van der Waals surface area (Å²) in [5, 5.41) is 2.69. The molecule has 2 aromatic carbocycles. The number of nitrogens with zero attached hydrogens (tertiary/aromatic N) is 1. The summed E-state index contributed by atoms with van der Waals surface area (Å²) in [4.78, 5) is 38.5. The van der Waals surface area contributed by atoms with E-state index in [4.69, 9.17) is 13.9 Å². The van der Waals surface area contributed by atoms with Crippen LogP contribution in [0.5, 0.6) is 11.5 Å². The molecule has 3 aromatic rings. The highest BCUT2D eigenvalue weighted by Crippen LogP contribution is 2.23. The Kier molecular flexibility index (Phi) is 7.04. The lowest BCUT2D eigenvalue weighted by molar-refractivity contribution is -0.152. The number of ether oxygens (including phenoxy) is 2. The molecule has 2 amide bonds. The molecule has 33 heavy (non-hydrogen) atoms. The minimum absolute atomic E-state index is 0.189. The van der Waals surface area contributed by atoms with Gasteiger partial charge in [-0.3, -0.25) is 14.4 Å². The molecule has 8 nitrogen and oxygen atoms in total. The normalized spacial score (nSPS) is 13.9. The van der Waals surface area contributed by atoms with E-state index in [-0.39, 0.29) is 24.2 Å². The molecule has 0 bridgehead atoms. The molecule has 0 saturated carbocycles. The number of anilines is 1. The van der Waals surface area contributed by atoms with Crippen molar-refractivity contribution in [3.05, 3.63) is 78.8 Å². The molecule has 1 saturated heterocycles. The average molecular weight is 448 g/mol. The highest BCUT2D eigenvalue weighted by Gasteiger charge is 2.29. The molecule has 0 atom stereocenters. The van der Waals surface area contributed by atoms with E-state index in [1.165, 1.54) is 6.26 Å². The Morgan fingerprint density at radius 2 is 1.61 bits per heavy atom. The van der Waals surface area contributed by atoms with Crippen molar-refractivity contribution in [2.24, 2.45) is 5.92 Å². The lowest BCUT2D eigenvalue weighted by atomic mass is 9.97. The zero-order chi connectivity index (χ0) is 23.0. The zero-order valence-electron chi connectivity index (χ0n) is 17.9. The fourth-order valence-corrected chi connectivity index (χ4v) is 3.56. The third kappa shape index (κ3) is 6.00. The van der Waals surface area contributed by atoms with Crippen molar-refractivity contribution < 1.29 is 28.3 Å². The molecule has 170 valence electrons. The van der Waals surface area contributed by atoms with E-state index >= 15 is 0 Å². The third-order valence-corrected chi connectivity index (χ3v) is 5.31. The Balaban J connectivity index is 1.18. The highest BCUT2D eigenvalue weighted by atomic mass is 16.5. The molecule has 0 aliphatic carbocycles. The van der Waals surface area contributed by atoms with E-state index in [1.54, 1.807) is 41.3 Å². The van der Waals surface area contributed by atoms with Crippen molar-refractivity contribution in [2.45, 2.75) is 12.8 Å². The van der Waals surface area contributed by atoms with Gasteiger partial charge in [0.1, 0.15) is 11.5 Å². The second-order valence-corrected chi connectivity index (χ2v) is 7.64. The van der Waals surface area contributed by atoms with Gasteiger partial charge in [-0.15, -0.1) is 0 Å². The molecule has 0 unspecified atom stereocenters. The molecule has 0 spiro atoms. The second-order valence-electron chi connectivity index (χ2n) is 7.64. The van der Waals surface area contributed by atoms with Gasteiger partial charge in [-0.25, -0.2) is 0 Å². The molecular formula is C25H24N2O6. The van der Waals surface area contributed by atoms with Crippen LogP contribution in [0.4, 0.5) is 5.69 Å². The van der Waals surface area contributed by atoms with Crippen molar-refractivity contribution in [3.63, 3.8) is 0 Å². The lowest BCUT2D eigenvalue weighted by Gasteiger charge is -2.30. The number of hydrogen-bond acceptors (Lipinski definition) is 6. The first-order valence-corrected chi connectivity index (χ1v) is 10.7. The molecule has 0 radical (unpaired) electrons. The highest BCUT2D eigenvalue weighted by molar-refractivity contribution is 5.93. The van der Waals surface area contributed by atoms with Gasteiger partial charge in [0.25, 0.3) is 11.8 Å². The first-order chi connectivity index (χ1) is 16.1. The Bertz CT molecular complexity index is 1070. The lowest BCUT2D eigenvalue weighted by Crippen LogP contribution is -2.40. The zero-order valence-corrected chi connectivity index (χ0v) is 17.9. The van der Waals surface area contributed by atoms with Crippen molar-refractivity contribution in [3.8, 4) is 11.5 Å². The van der Waals surface area contributed by atoms with Crippen molar-refractivity contribution in [1.29, 1.82) is 0 Å². The Morgan fingerprint density at radius 3 is 2.27 bits per heavy atom. The minimum Gasteiger partial charge on any atom is -0.459 e.